The zero-order chi connectivity index (χ0) is 19.6. The number of hydrogen-bond donors (Lipinski definition) is 1. The van der Waals surface area contributed by atoms with Gasteiger partial charge in [-0.1, -0.05) is 30.4 Å². The summed E-state index contributed by atoms with van der Waals surface area (Å²) in [6, 6.07) is 5.62. The SMILES string of the molecule is Cc1cccc(C)c1NC(=O)COC(=O)CN1C(=O)[C@H]2CC=CC[C@@H]2C1=O. The molecule has 1 aromatic rings. The van der Waals surface area contributed by atoms with Crippen LogP contribution in [-0.4, -0.2) is 41.7 Å². The summed E-state index contributed by atoms with van der Waals surface area (Å²) in [5.74, 6) is -2.71. The quantitative estimate of drug-likeness (QED) is 0.484. The number of rotatable bonds is 5. The van der Waals surface area contributed by atoms with Gasteiger partial charge in [0.05, 0.1) is 11.8 Å². The van der Waals surface area contributed by atoms with Gasteiger partial charge in [-0.2, -0.15) is 0 Å². The molecule has 1 aliphatic heterocycles. The van der Waals surface area contributed by atoms with Gasteiger partial charge < -0.3 is 10.1 Å². The number of aryl methyl sites for hydroxylation is 2. The standard InChI is InChI=1S/C20H22N2O5/c1-12-6-5-7-13(2)18(12)21-16(23)11-27-17(24)10-22-19(25)14-8-3-4-9-15(14)20(22)26/h3-7,14-15H,8-11H2,1-2H3,(H,21,23)/t14-,15-/m0/s1. The van der Waals surface area contributed by atoms with Crippen LogP contribution in [-0.2, 0) is 23.9 Å². The molecule has 7 heteroatoms. The molecule has 2 aliphatic rings. The molecule has 3 rings (SSSR count). The molecule has 0 radical (unpaired) electrons. The van der Waals surface area contributed by atoms with Crippen molar-refractivity contribution in [2.45, 2.75) is 26.7 Å². The second kappa shape index (κ2) is 7.73. The highest BCUT2D eigenvalue weighted by Crippen LogP contribution is 2.34. The van der Waals surface area contributed by atoms with Crippen LogP contribution in [0.2, 0.25) is 0 Å². The van der Waals surface area contributed by atoms with Crippen LogP contribution >= 0.6 is 0 Å². The minimum atomic E-state index is -0.778. The summed E-state index contributed by atoms with van der Waals surface area (Å²) in [4.78, 5) is 49.7. The number of fused-ring (bicyclic) bond motifs is 1. The minimum Gasteiger partial charge on any atom is -0.454 e. The predicted molar refractivity (Wildman–Crippen MR) is 97.6 cm³/mol. The summed E-state index contributed by atoms with van der Waals surface area (Å²) in [7, 11) is 0. The maximum Gasteiger partial charge on any atom is 0.326 e. The number of ether oxygens (including phenoxy) is 1. The van der Waals surface area contributed by atoms with Crippen molar-refractivity contribution < 1.29 is 23.9 Å². The van der Waals surface area contributed by atoms with Gasteiger partial charge in [-0.05, 0) is 37.8 Å². The number of hydrogen-bond acceptors (Lipinski definition) is 5. The predicted octanol–water partition coefficient (Wildman–Crippen LogP) is 1.74. The Morgan fingerprint density at radius 1 is 1.07 bits per heavy atom. The fourth-order valence-electron chi connectivity index (χ4n) is 3.53. The van der Waals surface area contributed by atoms with Crippen molar-refractivity contribution in [2.24, 2.45) is 11.8 Å². The second-order valence-corrected chi connectivity index (χ2v) is 6.89. The molecule has 0 unspecified atom stereocenters. The Balaban J connectivity index is 1.52. The average molecular weight is 370 g/mol. The van der Waals surface area contributed by atoms with Crippen LogP contribution in [0.25, 0.3) is 0 Å². The molecule has 1 aliphatic carbocycles. The van der Waals surface area contributed by atoms with Crippen molar-refractivity contribution >= 4 is 29.4 Å². The normalized spacial score (nSPS) is 21.2. The van der Waals surface area contributed by atoms with Crippen molar-refractivity contribution in [3.63, 3.8) is 0 Å². The Labute approximate surface area is 157 Å². The van der Waals surface area contributed by atoms with E-state index in [1.54, 1.807) is 0 Å². The first kappa shape index (κ1) is 18.8. The van der Waals surface area contributed by atoms with E-state index in [0.717, 1.165) is 16.0 Å². The Hall–Kier alpha value is -2.96. The number of imide groups is 1. The number of nitrogens with one attached hydrogen (secondary N) is 1. The van der Waals surface area contributed by atoms with Crippen LogP contribution in [0.3, 0.4) is 0 Å². The van der Waals surface area contributed by atoms with E-state index >= 15 is 0 Å². The number of nitrogens with zero attached hydrogens (tertiary/aromatic N) is 1. The van der Waals surface area contributed by atoms with Crippen LogP contribution in [0, 0.1) is 25.7 Å². The Morgan fingerprint density at radius 3 is 2.19 bits per heavy atom. The number of likely N-dealkylation sites (tertiary alicyclic amines) is 1. The second-order valence-electron chi connectivity index (χ2n) is 6.89. The van der Waals surface area contributed by atoms with Gasteiger partial charge in [0.25, 0.3) is 5.91 Å². The lowest BCUT2D eigenvalue weighted by Crippen LogP contribution is -2.37. The Morgan fingerprint density at radius 2 is 1.63 bits per heavy atom. The van der Waals surface area contributed by atoms with Gasteiger partial charge in [-0.3, -0.25) is 24.1 Å². The van der Waals surface area contributed by atoms with E-state index in [2.05, 4.69) is 5.32 Å². The third kappa shape index (κ3) is 3.92. The van der Waals surface area contributed by atoms with Crippen LogP contribution < -0.4 is 5.32 Å². The summed E-state index contributed by atoms with van der Waals surface area (Å²) in [6.07, 6.45) is 4.79. The van der Waals surface area contributed by atoms with E-state index in [4.69, 9.17) is 4.74 Å². The van der Waals surface area contributed by atoms with Crippen molar-refractivity contribution in [3.05, 3.63) is 41.5 Å². The van der Waals surface area contributed by atoms with E-state index in [-0.39, 0.29) is 23.7 Å². The van der Waals surface area contributed by atoms with Gasteiger partial charge in [0.15, 0.2) is 6.61 Å². The van der Waals surface area contributed by atoms with E-state index in [1.807, 2.05) is 44.2 Å². The summed E-state index contributed by atoms with van der Waals surface area (Å²) in [5, 5.41) is 2.71. The van der Waals surface area contributed by atoms with Gasteiger partial charge in [0.1, 0.15) is 6.54 Å². The molecule has 0 spiro atoms. The van der Waals surface area contributed by atoms with E-state index in [0.29, 0.717) is 18.5 Å². The fraction of sp³-hybridized carbons (Fsp3) is 0.400. The number of benzene rings is 1. The maximum absolute atomic E-state index is 12.3. The molecule has 27 heavy (non-hydrogen) atoms. The number of allylic oxidation sites excluding steroid dienone is 2. The molecule has 142 valence electrons. The highest BCUT2D eigenvalue weighted by molar-refractivity contribution is 6.07. The van der Waals surface area contributed by atoms with Crippen LogP contribution in [0.5, 0.6) is 0 Å². The lowest BCUT2D eigenvalue weighted by molar-refractivity contribution is -0.154. The molecular weight excluding hydrogens is 348 g/mol. The molecule has 1 N–H and O–H groups in total. The number of carbonyl (C=O) groups is 4. The van der Waals surface area contributed by atoms with Gasteiger partial charge in [0.2, 0.25) is 11.8 Å². The number of carbonyl (C=O) groups excluding carboxylic acids is 4. The zero-order valence-corrected chi connectivity index (χ0v) is 15.4. The average Bonchev–Trinajstić information content (AvgIpc) is 2.88. The molecule has 1 heterocycles. The zero-order valence-electron chi connectivity index (χ0n) is 15.4. The topological polar surface area (TPSA) is 92.8 Å². The lowest BCUT2D eigenvalue weighted by Gasteiger charge is -2.14. The Bertz CT molecular complexity index is 783. The molecule has 1 saturated heterocycles. The molecule has 0 saturated carbocycles. The summed E-state index contributed by atoms with van der Waals surface area (Å²) in [5.41, 5.74) is 2.48. The summed E-state index contributed by atoms with van der Waals surface area (Å²) >= 11 is 0. The van der Waals surface area contributed by atoms with E-state index in [1.165, 1.54) is 0 Å². The number of amides is 3. The van der Waals surface area contributed by atoms with Gasteiger partial charge in [-0.15, -0.1) is 0 Å². The summed E-state index contributed by atoms with van der Waals surface area (Å²) < 4.78 is 4.96. The first-order chi connectivity index (χ1) is 12.9. The molecule has 1 aromatic carbocycles. The monoisotopic (exact) mass is 370 g/mol. The van der Waals surface area contributed by atoms with Crippen molar-refractivity contribution in [1.29, 1.82) is 0 Å². The highest BCUT2D eigenvalue weighted by Gasteiger charge is 2.47. The number of anilines is 1. The van der Waals surface area contributed by atoms with Crippen molar-refractivity contribution in [2.75, 3.05) is 18.5 Å². The molecule has 2 atom stereocenters. The summed E-state index contributed by atoms with van der Waals surface area (Å²) in [6.45, 7) is 2.81. The smallest absolute Gasteiger partial charge is 0.326 e. The fourth-order valence-corrected chi connectivity index (χ4v) is 3.53. The molecule has 0 bridgehead atoms. The van der Waals surface area contributed by atoms with Gasteiger partial charge in [-0.25, -0.2) is 0 Å². The van der Waals surface area contributed by atoms with Crippen LogP contribution in [0.1, 0.15) is 24.0 Å². The number of para-hydroxylation sites is 1. The molecule has 1 fully saturated rings. The lowest BCUT2D eigenvalue weighted by atomic mass is 9.85. The third-order valence-corrected chi connectivity index (χ3v) is 5.00. The van der Waals surface area contributed by atoms with Crippen LogP contribution in [0.15, 0.2) is 30.4 Å². The van der Waals surface area contributed by atoms with Gasteiger partial charge in [0, 0.05) is 5.69 Å². The molecule has 3 amide bonds. The number of esters is 1. The maximum atomic E-state index is 12.3. The van der Waals surface area contributed by atoms with Crippen molar-refractivity contribution in [3.8, 4) is 0 Å². The van der Waals surface area contributed by atoms with E-state index < -0.39 is 25.0 Å². The molecule has 0 aromatic heterocycles. The van der Waals surface area contributed by atoms with Gasteiger partial charge >= 0.3 is 5.97 Å². The van der Waals surface area contributed by atoms with E-state index in [9.17, 15) is 19.2 Å². The third-order valence-electron chi connectivity index (χ3n) is 5.00. The van der Waals surface area contributed by atoms with Crippen molar-refractivity contribution in [1.82, 2.24) is 4.90 Å². The minimum absolute atomic E-state index is 0.341. The molecular formula is C20H22N2O5. The Kier molecular flexibility index (Phi) is 5.39. The first-order valence-corrected chi connectivity index (χ1v) is 8.90. The first-order valence-electron chi connectivity index (χ1n) is 8.90. The molecule has 7 nitrogen and oxygen atoms in total. The van der Waals surface area contributed by atoms with Crippen LogP contribution in [0.4, 0.5) is 5.69 Å². The highest BCUT2D eigenvalue weighted by atomic mass is 16.5. The largest absolute Gasteiger partial charge is 0.454 e.